The van der Waals surface area contributed by atoms with Crippen LogP contribution in [0.3, 0.4) is 0 Å². The maximum Gasteiger partial charge on any atom is 0.293 e. The normalized spacial score (nSPS) is 13.3. The van der Waals surface area contributed by atoms with Gasteiger partial charge in [0.05, 0.1) is 23.2 Å². The van der Waals surface area contributed by atoms with Crippen LogP contribution in [0.1, 0.15) is 34.8 Å². The van der Waals surface area contributed by atoms with Gasteiger partial charge in [-0.1, -0.05) is 12.6 Å². The summed E-state index contributed by atoms with van der Waals surface area (Å²) in [6, 6.07) is 6.99. The van der Waals surface area contributed by atoms with Crippen LogP contribution in [0, 0.1) is 5.82 Å². The molecule has 156 valence electrons. The number of ether oxygens (including phenoxy) is 1. The number of rotatable bonds is 9. The summed E-state index contributed by atoms with van der Waals surface area (Å²) >= 11 is 0. The quantitative estimate of drug-likeness (QED) is 0.315. The highest BCUT2D eigenvalue weighted by atomic mass is 19.1. The number of pyridine rings is 1. The summed E-state index contributed by atoms with van der Waals surface area (Å²) in [7, 11) is 1.76. The Morgan fingerprint density at radius 2 is 2.20 bits per heavy atom. The van der Waals surface area contributed by atoms with Crippen LogP contribution in [0.2, 0.25) is 0 Å². The number of carbonyl (C=O) groups is 1. The summed E-state index contributed by atoms with van der Waals surface area (Å²) in [6.45, 7) is 3.85. The zero-order chi connectivity index (χ0) is 21.1. The van der Waals surface area contributed by atoms with Gasteiger partial charge < -0.3 is 14.6 Å². The average molecular weight is 410 g/mol. The molecule has 30 heavy (non-hydrogen) atoms. The maximum atomic E-state index is 14.8. The van der Waals surface area contributed by atoms with Crippen molar-refractivity contribution in [3.05, 3.63) is 66.6 Å². The van der Waals surface area contributed by atoms with Crippen molar-refractivity contribution in [3.63, 3.8) is 0 Å². The highest BCUT2D eigenvalue weighted by Gasteiger charge is 2.25. The Balaban J connectivity index is 1.63. The number of fused-ring (bicyclic) bond motifs is 1. The molecule has 1 amide bonds. The molecule has 2 aromatic heterocycles. The van der Waals surface area contributed by atoms with E-state index in [1.165, 1.54) is 6.26 Å². The molecule has 1 aromatic carbocycles. The average Bonchev–Trinajstić information content (AvgIpc) is 3.55. The van der Waals surface area contributed by atoms with Crippen LogP contribution in [0.25, 0.3) is 10.9 Å². The van der Waals surface area contributed by atoms with Crippen LogP contribution >= 0.6 is 0 Å². The molecule has 0 spiro atoms. The van der Waals surface area contributed by atoms with E-state index in [1.807, 2.05) is 6.07 Å². The Bertz CT molecular complexity index is 1090. The lowest BCUT2D eigenvalue weighted by Gasteiger charge is -2.12. The molecule has 2 heterocycles. The van der Waals surface area contributed by atoms with E-state index >= 15 is 0 Å². The molecule has 7 nitrogen and oxygen atoms in total. The van der Waals surface area contributed by atoms with Gasteiger partial charge in [0.2, 0.25) is 0 Å². The smallest absolute Gasteiger partial charge is 0.293 e. The molecule has 3 aromatic rings. The van der Waals surface area contributed by atoms with E-state index in [9.17, 15) is 9.18 Å². The van der Waals surface area contributed by atoms with E-state index in [2.05, 4.69) is 22.4 Å². The third-order valence-electron chi connectivity index (χ3n) is 5.10. The second-order valence-corrected chi connectivity index (χ2v) is 7.13. The molecule has 0 atom stereocenters. The molecular formula is C22H23FN4O3. The number of benzene rings is 1. The van der Waals surface area contributed by atoms with Crippen LogP contribution in [-0.2, 0) is 16.6 Å². The number of amides is 1. The number of nitrogens with zero attached hydrogens (tertiary/aromatic N) is 2. The monoisotopic (exact) mass is 410 g/mol. The molecule has 0 aliphatic heterocycles. The third-order valence-corrected chi connectivity index (χ3v) is 5.10. The Hall–Kier alpha value is -3.39. The Morgan fingerprint density at radius 1 is 1.37 bits per heavy atom. The minimum atomic E-state index is -0.468. The van der Waals surface area contributed by atoms with Gasteiger partial charge in [-0.3, -0.25) is 14.6 Å². The largest absolute Gasteiger partial charge is 0.499 e. The molecule has 1 saturated carbocycles. The number of anilines is 2. The molecule has 0 radical (unpaired) electrons. The highest BCUT2D eigenvalue weighted by Crippen LogP contribution is 2.41. The first-order chi connectivity index (χ1) is 14.6. The van der Waals surface area contributed by atoms with E-state index in [4.69, 9.17) is 9.57 Å². The van der Waals surface area contributed by atoms with Crippen molar-refractivity contribution in [1.29, 1.82) is 0 Å². The molecule has 0 bridgehead atoms. The van der Waals surface area contributed by atoms with Crippen molar-refractivity contribution in [2.45, 2.75) is 18.8 Å². The van der Waals surface area contributed by atoms with Gasteiger partial charge in [-0.25, -0.2) is 9.87 Å². The number of nitrogens with one attached hydrogen (secondary N) is 2. The molecule has 0 unspecified atom stereocenters. The predicted molar refractivity (Wildman–Crippen MR) is 112 cm³/mol. The van der Waals surface area contributed by atoms with Crippen LogP contribution in [0.5, 0.6) is 0 Å². The molecule has 1 aliphatic carbocycles. The Labute approximate surface area is 173 Å². The number of hydrogen-bond acceptors (Lipinski definition) is 5. The summed E-state index contributed by atoms with van der Waals surface area (Å²) in [6.07, 6.45) is 6.78. The molecule has 8 heteroatoms. The SMILES string of the molecule is C=COCCONC(=O)c1c(Nc2ccc(C3CC3)cc2F)c2cnccc2n1C. The van der Waals surface area contributed by atoms with Gasteiger partial charge in [0.15, 0.2) is 0 Å². The second-order valence-electron chi connectivity index (χ2n) is 7.13. The standard InChI is InChI=1S/C22H23FN4O3/c1-3-29-10-11-30-26-22(28)21-20(16-13-24-9-8-19(16)27(21)2)25-18-7-6-15(12-17(18)23)14-4-5-14/h3,6-9,12-14,25H,1,4-5,10-11H2,2H3,(H,26,28). The van der Waals surface area contributed by atoms with E-state index < -0.39 is 5.91 Å². The second kappa shape index (κ2) is 8.54. The molecule has 1 aliphatic rings. The Morgan fingerprint density at radius 3 is 2.93 bits per heavy atom. The summed E-state index contributed by atoms with van der Waals surface area (Å²) in [5, 5.41) is 3.79. The lowest BCUT2D eigenvalue weighted by Crippen LogP contribution is -2.27. The third kappa shape index (κ3) is 3.99. The summed E-state index contributed by atoms with van der Waals surface area (Å²) in [5.74, 6) is -0.367. The van der Waals surface area contributed by atoms with Crippen molar-refractivity contribution in [1.82, 2.24) is 15.0 Å². The van der Waals surface area contributed by atoms with Crippen molar-refractivity contribution in [2.24, 2.45) is 7.05 Å². The number of hydroxylamine groups is 1. The molecular weight excluding hydrogens is 387 g/mol. The first kappa shape index (κ1) is 19.9. The lowest BCUT2D eigenvalue weighted by molar-refractivity contribution is 0.0140. The summed E-state index contributed by atoms with van der Waals surface area (Å²) in [5.41, 5.74) is 5.25. The number of aryl methyl sites for hydroxylation is 1. The lowest BCUT2D eigenvalue weighted by atomic mass is 10.1. The van der Waals surface area contributed by atoms with Crippen LogP contribution in [0.4, 0.5) is 15.8 Å². The Kier molecular flexibility index (Phi) is 5.67. The van der Waals surface area contributed by atoms with Gasteiger partial charge in [-0.15, -0.1) is 0 Å². The first-order valence-corrected chi connectivity index (χ1v) is 9.73. The van der Waals surface area contributed by atoms with E-state index in [-0.39, 0.29) is 19.0 Å². The minimum absolute atomic E-state index is 0.156. The molecule has 0 saturated heterocycles. The zero-order valence-corrected chi connectivity index (χ0v) is 16.7. The van der Waals surface area contributed by atoms with Crippen molar-refractivity contribution >= 4 is 28.2 Å². The van der Waals surface area contributed by atoms with Crippen molar-refractivity contribution in [3.8, 4) is 0 Å². The van der Waals surface area contributed by atoms with Crippen molar-refractivity contribution < 1.29 is 18.8 Å². The predicted octanol–water partition coefficient (Wildman–Crippen LogP) is 4.15. The molecule has 1 fully saturated rings. The summed E-state index contributed by atoms with van der Waals surface area (Å²) in [4.78, 5) is 22.2. The highest BCUT2D eigenvalue weighted by molar-refractivity contribution is 6.09. The fraction of sp³-hybridized carbons (Fsp3) is 0.273. The number of halogens is 1. The van der Waals surface area contributed by atoms with E-state index in [0.29, 0.717) is 28.4 Å². The van der Waals surface area contributed by atoms with Gasteiger partial charge >= 0.3 is 0 Å². The topological polar surface area (TPSA) is 77.4 Å². The van der Waals surface area contributed by atoms with Gasteiger partial charge in [0.25, 0.3) is 5.91 Å². The van der Waals surface area contributed by atoms with E-state index in [1.54, 1.807) is 42.2 Å². The van der Waals surface area contributed by atoms with Crippen LogP contribution in [0.15, 0.2) is 49.5 Å². The maximum absolute atomic E-state index is 14.8. The number of carbonyl (C=O) groups excluding carboxylic acids is 1. The molecule has 2 N–H and O–H groups in total. The van der Waals surface area contributed by atoms with Gasteiger partial charge in [0.1, 0.15) is 24.7 Å². The number of aromatic nitrogens is 2. The van der Waals surface area contributed by atoms with Crippen molar-refractivity contribution in [2.75, 3.05) is 18.5 Å². The fourth-order valence-electron chi connectivity index (χ4n) is 3.46. The van der Waals surface area contributed by atoms with Gasteiger partial charge in [0, 0.05) is 24.8 Å². The minimum Gasteiger partial charge on any atom is -0.499 e. The summed E-state index contributed by atoms with van der Waals surface area (Å²) < 4.78 is 21.4. The van der Waals surface area contributed by atoms with E-state index in [0.717, 1.165) is 23.9 Å². The van der Waals surface area contributed by atoms with Gasteiger partial charge in [-0.05, 0) is 42.5 Å². The molecule has 4 rings (SSSR count). The fourth-order valence-corrected chi connectivity index (χ4v) is 3.46. The number of hydrogen-bond donors (Lipinski definition) is 2. The first-order valence-electron chi connectivity index (χ1n) is 9.73. The van der Waals surface area contributed by atoms with Crippen LogP contribution < -0.4 is 10.8 Å². The van der Waals surface area contributed by atoms with Crippen LogP contribution in [-0.4, -0.2) is 28.7 Å². The van der Waals surface area contributed by atoms with Gasteiger partial charge in [-0.2, -0.15) is 0 Å². The zero-order valence-electron chi connectivity index (χ0n) is 16.7.